The molecule has 0 atom stereocenters. The highest BCUT2D eigenvalue weighted by Crippen LogP contribution is 2.33. The molecule has 0 bridgehead atoms. The first-order valence-electron chi connectivity index (χ1n) is 9.37. The Bertz CT molecular complexity index is 1050. The van der Waals surface area contributed by atoms with Crippen molar-refractivity contribution in [1.29, 1.82) is 0 Å². The van der Waals surface area contributed by atoms with E-state index >= 15 is 0 Å². The second-order valence-electron chi connectivity index (χ2n) is 7.22. The zero-order chi connectivity index (χ0) is 22.8. The summed E-state index contributed by atoms with van der Waals surface area (Å²) in [6.45, 7) is 3.79. The molecule has 0 aromatic heterocycles. The van der Waals surface area contributed by atoms with E-state index in [1.54, 1.807) is 6.08 Å². The van der Waals surface area contributed by atoms with E-state index in [4.69, 9.17) is 12.2 Å². The minimum Gasteiger partial charge on any atom is -0.325 e. The van der Waals surface area contributed by atoms with Gasteiger partial charge in [0.25, 0.3) is 5.91 Å². The van der Waals surface area contributed by atoms with Crippen molar-refractivity contribution >= 4 is 51.9 Å². The molecule has 0 spiro atoms. The van der Waals surface area contributed by atoms with Crippen LogP contribution in [0.4, 0.5) is 18.9 Å². The number of amides is 2. The van der Waals surface area contributed by atoms with Crippen molar-refractivity contribution in [3.63, 3.8) is 0 Å². The topological polar surface area (TPSA) is 49.4 Å². The summed E-state index contributed by atoms with van der Waals surface area (Å²) in [5.74, 6) is -0.664. The number of anilines is 1. The first-order chi connectivity index (χ1) is 14.5. The summed E-state index contributed by atoms with van der Waals surface area (Å²) in [4.78, 5) is 26.5. The summed E-state index contributed by atoms with van der Waals surface area (Å²) in [6.07, 6.45) is -2.81. The van der Waals surface area contributed by atoms with Crippen LogP contribution in [0.15, 0.2) is 53.4 Å². The van der Waals surface area contributed by atoms with Crippen LogP contribution in [0.25, 0.3) is 6.08 Å². The van der Waals surface area contributed by atoms with Crippen LogP contribution in [0.2, 0.25) is 0 Å². The van der Waals surface area contributed by atoms with E-state index in [2.05, 4.69) is 19.2 Å². The molecular formula is C22H19F3N2O2S2. The number of carbonyl (C=O) groups excluding carboxylic acids is 2. The predicted octanol–water partition coefficient (Wildman–Crippen LogP) is 5.67. The Labute approximate surface area is 187 Å². The van der Waals surface area contributed by atoms with Gasteiger partial charge in [-0.05, 0) is 41.3 Å². The monoisotopic (exact) mass is 464 g/mol. The number of benzene rings is 2. The van der Waals surface area contributed by atoms with E-state index in [-0.39, 0.29) is 16.6 Å². The third kappa shape index (κ3) is 5.74. The highest BCUT2D eigenvalue weighted by atomic mass is 32.2. The van der Waals surface area contributed by atoms with Crippen molar-refractivity contribution in [1.82, 2.24) is 4.90 Å². The zero-order valence-corrected chi connectivity index (χ0v) is 18.3. The van der Waals surface area contributed by atoms with Gasteiger partial charge < -0.3 is 5.32 Å². The summed E-state index contributed by atoms with van der Waals surface area (Å²) in [7, 11) is 0. The second-order valence-corrected chi connectivity index (χ2v) is 8.89. The van der Waals surface area contributed by atoms with E-state index in [1.807, 2.05) is 24.3 Å². The first-order valence-corrected chi connectivity index (χ1v) is 10.6. The Morgan fingerprint density at radius 1 is 1.19 bits per heavy atom. The van der Waals surface area contributed by atoms with Gasteiger partial charge >= 0.3 is 6.18 Å². The van der Waals surface area contributed by atoms with Gasteiger partial charge in [-0.1, -0.05) is 68.2 Å². The van der Waals surface area contributed by atoms with Crippen LogP contribution in [0.3, 0.4) is 0 Å². The Hall–Kier alpha value is -2.65. The van der Waals surface area contributed by atoms with Crippen LogP contribution in [0.5, 0.6) is 0 Å². The molecule has 2 amide bonds. The second kappa shape index (κ2) is 9.23. The third-order valence-corrected chi connectivity index (χ3v) is 5.93. The van der Waals surface area contributed by atoms with Crippen molar-refractivity contribution in [3.05, 3.63) is 70.1 Å². The minimum absolute atomic E-state index is 0.00829. The van der Waals surface area contributed by atoms with Crippen molar-refractivity contribution in [2.45, 2.75) is 25.9 Å². The van der Waals surface area contributed by atoms with Gasteiger partial charge in [-0.25, -0.2) is 0 Å². The molecule has 9 heteroatoms. The number of alkyl halides is 3. The lowest BCUT2D eigenvalue weighted by molar-refractivity contribution is -0.137. The summed E-state index contributed by atoms with van der Waals surface area (Å²) in [5.41, 5.74) is 1.13. The van der Waals surface area contributed by atoms with Gasteiger partial charge in [-0.2, -0.15) is 13.2 Å². The number of carbonyl (C=O) groups is 2. The molecule has 1 N–H and O–H groups in total. The molecule has 1 aliphatic heterocycles. The molecule has 0 unspecified atom stereocenters. The third-order valence-electron chi connectivity index (χ3n) is 4.55. The van der Waals surface area contributed by atoms with Crippen LogP contribution in [-0.2, 0) is 15.8 Å². The van der Waals surface area contributed by atoms with Gasteiger partial charge in [0.15, 0.2) is 0 Å². The van der Waals surface area contributed by atoms with Crippen LogP contribution < -0.4 is 5.32 Å². The van der Waals surface area contributed by atoms with Gasteiger partial charge in [-0.3, -0.25) is 14.5 Å². The Morgan fingerprint density at radius 3 is 2.48 bits per heavy atom. The SMILES string of the molecule is CC(C)c1ccc(/C=C2/SC(=S)N(CC(=O)Nc3cccc(C(F)(F)F)c3)C2=O)cc1. The standard InChI is InChI=1S/C22H19F3N2O2S2/c1-13(2)15-8-6-14(7-9-15)10-18-20(29)27(21(30)31-18)12-19(28)26-17-5-3-4-16(11-17)22(23,24)25/h3-11,13H,12H2,1-2H3,(H,26,28)/b18-10+. The normalized spacial score (nSPS) is 15.8. The van der Waals surface area contributed by atoms with Gasteiger partial charge in [0.2, 0.25) is 5.91 Å². The van der Waals surface area contributed by atoms with E-state index in [1.165, 1.54) is 17.7 Å². The van der Waals surface area contributed by atoms with E-state index in [0.29, 0.717) is 10.8 Å². The summed E-state index contributed by atoms with van der Waals surface area (Å²) >= 11 is 6.30. The van der Waals surface area contributed by atoms with Crippen LogP contribution in [-0.4, -0.2) is 27.6 Å². The molecule has 4 nitrogen and oxygen atoms in total. The van der Waals surface area contributed by atoms with Gasteiger partial charge in [-0.15, -0.1) is 0 Å². The fourth-order valence-corrected chi connectivity index (χ4v) is 4.14. The minimum atomic E-state index is -4.52. The Morgan fingerprint density at radius 2 is 1.87 bits per heavy atom. The van der Waals surface area contributed by atoms with E-state index in [9.17, 15) is 22.8 Å². The fourth-order valence-electron chi connectivity index (χ4n) is 2.88. The summed E-state index contributed by atoms with van der Waals surface area (Å²) < 4.78 is 38.7. The molecule has 1 fully saturated rings. The molecular weight excluding hydrogens is 445 g/mol. The highest BCUT2D eigenvalue weighted by molar-refractivity contribution is 8.26. The van der Waals surface area contributed by atoms with E-state index in [0.717, 1.165) is 34.4 Å². The number of halogens is 3. The Kier molecular flexibility index (Phi) is 6.86. The quantitative estimate of drug-likeness (QED) is 0.458. The maximum Gasteiger partial charge on any atom is 0.416 e. The maximum atomic E-state index is 12.8. The lowest BCUT2D eigenvalue weighted by Crippen LogP contribution is -2.36. The van der Waals surface area contributed by atoms with Crippen LogP contribution in [0.1, 0.15) is 36.5 Å². The fraction of sp³-hybridized carbons (Fsp3) is 0.227. The largest absolute Gasteiger partial charge is 0.416 e. The van der Waals surface area contributed by atoms with Crippen LogP contribution in [0, 0.1) is 0 Å². The van der Waals surface area contributed by atoms with Crippen molar-refractivity contribution < 1.29 is 22.8 Å². The number of nitrogens with one attached hydrogen (secondary N) is 1. The maximum absolute atomic E-state index is 12.8. The van der Waals surface area contributed by atoms with Gasteiger partial charge in [0, 0.05) is 5.69 Å². The van der Waals surface area contributed by atoms with E-state index < -0.39 is 23.6 Å². The smallest absolute Gasteiger partial charge is 0.325 e. The number of thioether (sulfide) groups is 1. The zero-order valence-electron chi connectivity index (χ0n) is 16.7. The molecule has 0 aliphatic carbocycles. The molecule has 0 radical (unpaired) electrons. The summed E-state index contributed by atoms with van der Waals surface area (Å²) in [5, 5.41) is 2.38. The molecule has 0 saturated carbocycles. The molecule has 1 heterocycles. The van der Waals surface area contributed by atoms with Gasteiger partial charge in [0.1, 0.15) is 10.9 Å². The number of thiocarbonyl (C=S) groups is 1. The predicted molar refractivity (Wildman–Crippen MR) is 120 cm³/mol. The molecule has 1 aliphatic rings. The summed E-state index contributed by atoms with van der Waals surface area (Å²) in [6, 6.07) is 12.1. The molecule has 2 aromatic carbocycles. The van der Waals surface area contributed by atoms with Crippen molar-refractivity contribution in [3.8, 4) is 0 Å². The average Bonchev–Trinajstić information content (AvgIpc) is 2.95. The molecule has 2 aromatic rings. The molecule has 31 heavy (non-hydrogen) atoms. The lowest BCUT2D eigenvalue weighted by Gasteiger charge is -2.15. The van der Waals surface area contributed by atoms with Crippen LogP contribution >= 0.6 is 24.0 Å². The molecule has 3 rings (SSSR count). The van der Waals surface area contributed by atoms with Crippen molar-refractivity contribution in [2.75, 3.05) is 11.9 Å². The molecule has 1 saturated heterocycles. The highest BCUT2D eigenvalue weighted by Gasteiger charge is 2.34. The first kappa shape index (κ1) is 23.0. The molecule has 162 valence electrons. The average molecular weight is 465 g/mol. The van der Waals surface area contributed by atoms with Gasteiger partial charge in [0.05, 0.1) is 10.5 Å². The Balaban J connectivity index is 1.68. The van der Waals surface area contributed by atoms with Crippen molar-refractivity contribution in [2.24, 2.45) is 0 Å². The number of hydrogen-bond acceptors (Lipinski definition) is 4. The lowest BCUT2D eigenvalue weighted by atomic mass is 10.0. The number of hydrogen-bond donors (Lipinski definition) is 1. The number of rotatable bonds is 5. The number of nitrogens with zero attached hydrogens (tertiary/aromatic N) is 1.